The number of nitrogens with one attached hydrogen (secondary N) is 2. The van der Waals surface area contributed by atoms with Crippen LogP contribution >= 0.6 is 23.2 Å². The molecule has 0 heterocycles. The molecule has 0 bridgehead atoms. The zero-order valence-electron chi connectivity index (χ0n) is 21.3. The van der Waals surface area contributed by atoms with Gasteiger partial charge in [-0.3, -0.25) is 4.99 Å². The summed E-state index contributed by atoms with van der Waals surface area (Å²) in [6, 6.07) is 11.4. The molecule has 0 aliphatic carbocycles. The molecular weight excluding hydrogens is 483 g/mol. The number of aliphatic imine (C=N–C) groups is 1. The molecule has 1 unspecified atom stereocenters. The largest absolute Gasteiger partial charge is 0.487 e. The average Bonchev–Trinajstić information content (AvgIpc) is 2.81. The number of hydrogen-bond donors (Lipinski definition) is 3. The minimum atomic E-state index is -0.167. The molecule has 0 aliphatic heterocycles. The van der Waals surface area contributed by atoms with Crippen molar-refractivity contribution >= 4 is 40.7 Å². The first-order valence-electron chi connectivity index (χ1n) is 11.8. The number of nitrogens with zero attached hydrogens (tertiary/aromatic N) is 1. The molecular formula is C27H38Cl2N4O2. The third kappa shape index (κ3) is 9.73. The highest BCUT2D eigenvalue weighted by Gasteiger charge is 2.14. The van der Waals surface area contributed by atoms with E-state index in [0.29, 0.717) is 22.4 Å². The molecule has 6 nitrogen and oxygen atoms in total. The van der Waals surface area contributed by atoms with Crippen molar-refractivity contribution in [2.24, 2.45) is 10.7 Å². The van der Waals surface area contributed by atoms with Crippen molar-refractivity contribution in [3.63, 3.8) is 0 Å². The number of ether oxygens (including phenoxy) is 2. The van der Waals surface area contributed by atoms with Gasteiger partial charge in [0, 0.05) is 47.3 Å². The van der Waals surface area contributed by atoms with Crippen molar-refractivity contribution in [1.82, 2.24) is 5.32 Å². The maximum atomic E-state index is 6.31. The normalized spacial score (nSPS) is 13.3. The first-order valence-corrected chi connectivity index (χ1v) is 12.6. The SMILES string of the molecule is CNCCC(CCOC(C)(C)C)N=C/C(=C\N)c1ccc(NC)c(OCc2c(Cl)cccc2Cl)c1. The van der Waals surface area contributed by atoms with Crippen LogP contribution in [0, 0.1) is 0 Å². The van der Waals surface area contributed by atoms with E-state index in [-0.39, 0.29) is 18.2 Å². The van der Waals surface area contributed by atoms with Gasteiger partial charge in [-0.05, 0) is 77.0 Å². The Morgan fingerprint density at radius 1 is 1.11 bits per heavy atom. The summed E-state index contributed by atoms with van der Waals surface area (Å²) in [5, 5.41) is 7.49. The Kier molecular flexibility index (Phi) is 11.9. The summed E-state index contributed by atoms with van der Waals surface area (Å²) in [6.45, 7) is 7.94. The van der Waals surface area contributed by atoms with Crippen molar-refractivity contribution in [3.05, 3.63) is 63.8 Å². The predicted octanol–water partition coefficient (Wildman–Crippen LogP) is 6.17. The number of benzene rings is 2. The van der Waals surface area contributed by atoms with Crippen molar-refractivity contribution in [3.8, 4) is 5.75 Å². The van der Waals surface area contributed by atoms with Gasteiger partial charge in [-0.15, -0.1) is 0 Å². The van der Waals surface area contributed by atoms with Crippen molar-refractivity contribution in [2.75, 3.05) is 32.6 Å². The fourth-order valence-corrected chi connectivity index (χ4v) is 3.86. The van der Waals surface area contributed by atoms with Gasteiger partial charge in [0.2, 0.25) is 0 Å². The van der Waals surface area contributed by atoms with Crippen LogP contribution in [0.15, 0.2) is 47.6 Å². The Hall–Kier alpha value is -2.25. The van der Waals surface area contributed by atoms with Crippen LogP contribution in [0.25, 0.3) is 5.57 Å². The van der Waals surface area contributed by atoms with Gasteiger partial charge in [0.15, 0.2) is 0 Å². The number of hydrogen-bond acceptors (Lipinski definition) is 6. The van der Waals surface area contributed by atoms with Crippen LogP contribution in [0.1, 0.15) is 44.7 Å². The average molecular weight is 522 g/mol. The van der Waals surface area contributed by atoms with E-state index in [0.717, 1.165) is 41.8 Å². The molecule has 2 aromatic carbocycles. The lowest BCUT2D eigenvalue weighted by Gasteiger charge is -2.21. The maximum Gasteiger partial charge on any atom is 0.143 e. The lowest BCUT2D eigenvalue weighted by atomic mass is 10.1. The second-order valence-electron chi connectivity index (χ2n) is 9.15. The van der Waals surface area contributed by atoms with Gasteiger partial charge in [0.05, 0.1) is 17.3 Å². The monoisotopic (exact) mass is 520 g/mol. The van der Waals surface area contributed by atoms with Crippen LogP contribution in [-0.4, -0.2) is 45.1 Å². The quantitative estimate of drug-likeness (QED) is 0.275. The van der Waals surface area contributed by atoms with Gasteiger partial charge < -0.3 is 25.8 Å². The Labute approximate surface area is 219 Å². The van der Waals surface area contributed by atoms with Gasteiger partial charge in [0.25, 0.3) is 0 Å². The first-order chi connectivity index (χ1) is 16.7. The standard InChI is InChI=1S/C27H38Cl2N4O2/c1-27(2,3)35-14-12-21(11-13-31-4)33-17-20(16-30)19-9-10-25(32-5)26(15-19)34-18-22-23(28)7-6-8-24(22)29/h6-10,15-17,21,31-32H,11-14,18,30H2,1-5H3/b20-16+,33-17?. The van der Waals surface area contributed by atoms with Crippen molar-refractivity contribution in [2.45, 2.75) is 51.9 Å². The smallest absolute Gasteiger partial charge is 0.143 e. The Morgan fingerprint density at radius 2 is 1.83 bits per heavy atom. The minimum absolute atomic E-state index is 0.120. The third-order valence-electron chi connectivity index (χ3n) is 5.34. The van der Waals surface area contributed by atoms with Crippen LogP contribution in [0.5, 0.6) is 5.75 Å². The molecule has 2 rings (SSSR count). The number of rotatable bonds is 13. The van der Waals surface area contributed by atoms with Crippen molar-refractivity contribution in [1.29, 1.82) is 0 Å². The number of nitrogens with two attached hydrogens (primary N) is 1. The van der Waals surface area contributed by atoms with Gasteiger partial charge in [-0.2, -0.15) is 0 Å². The van der Waals surface area contributed by atoms with E-state index in [2.05, 4.69) is 31.4 Å². The molecule has 192 valence electrons. The van der Waals surface area contributed by atoms with Crippen LogP contribution in [0.4, 0.5) is 5.69 Å². The molecule has 4 N–H and O–H groups in total. The summed E-state index contributed by atoms with van der Waals surface area (Å²) in [5.74, 6) is 0.666. The van der Waals surface area contributed by atoms with E-state index in [9.17, 15) is 0 Å². The molecule has 0 spiro atoms. The minimum Gasteiger partial charge on any atom is -0.487 e. The molecule has 0 saturated carbocycles. The highest BCUT2D eigenvalue weighted by atomic mass is 35.5. The van der Waals surface area contributed by atoms with E-state index < -0.39 is 0 Å². The van der Waals surface area contributed by atoms with Crippen LogP contribution in [0.3, 0.4) is 0 Å². The predicted molar refractivity (Wildman–Crippen MR) is 150 cm³/mol. The van der Waals surface area contributed by atoms with Crippen LogP contribution in [0.2, 0.25) is 10.0 Å². The molecule has 1 atom stereocenters. The highest BCUT2D eigenvalue weighted by molar-refractivity contribution is 6.35. The lowest BCUT2D eigenvalue weighted by molar-refractivity contribution is -0.00607. The van der Waals surface area contributed by atoms with E-state index in [1.165, 1.54) is 0 Å². The highest BCUT2D eigenvalue weighted by Crippen LogP contribution is 2.31. The lowest BCUT2D eigenvalue weighted by Crippen LogP contribution is -2.23. The topological polar surface area (TPSA) is 80.9 Å². The zero-order valence-corrected chi connectivity index (χ0v) is 22.8. The summed E-state index contributed by atoms with van der Waals surface area (Å²) in [6.07, 6.45) is 5.14. The molecule has 0 amide bonds. The van der Waals surface area contributed by atoms with E-state index >= 15 is 0 Å². The molecule has 0 saturated heterocycles. The summed E-state index contributed by atoms with van der Waals surface area (Å²) in [4.78, 5) is 4.83. The number of allylic oxidation sites excluding steroid dienone is 1. The summed E-state index contributed by atoms with van der Waals surface area (Å²) >= 11 is 12.6. The Bertz CT molecular complexity index is 983. The second kappa shape index (κ2) is 14.3. The van der Waals surface area contributed by atoms with E-state index in [1.54, 1.807) is 18.3 Å². The molecule has 0 radical (unpaired) electrons. The maximum absolute atomic E-state index is 6.31. The fourth-order valence-electron chi connectivity index (χ4n) is 3.35. The van der Waals surface area contributed by atoms with Gasteiger partial charge in [-0.1, -0.05) is 35.3 Å². The summed E-state index contributed by atoms with van der Waals surface area (Å²) in [5.41, 5.74) is 9.11. The molecule has 8 heteroatoms. The zero-order chi connectivity index (χ0) is 25.8. The van der Waals surface area contributed by atoms with E-state index in [1.807, 2.05) is 44.6 Å². The Morgan fingerprint density at radius 3 is 2.43 bits per heavy atom. The summed E-state index contributed by atoms with van der Waals surface area (Å²) < 4.78 is 12.0. The van der Waals surface area contributed by atoms with Crippen LogP contribution in [-0.2, 0) is 11.3 Å². The molecule has 0 aliphatic rings. The van der Waals surface area contributed by atoms with Gasteiger partial charge >= 0.3 is 0 Å². The third-order valence-corrected chi connectivity index (χ3v) is 6.04. The van der Waals surface area contributed by atoms with E-state index in [4.69, 9.17) is 43.4 Å². The number of anilines is 1. The number of halogens is 2. The Balaban J connectivity index is 2.19. The molecule has 35 heavy (non-hydrogen) atoms. The van der Waals surface area contributed by atoms with Crippen LogP contribution < -0.4 is 21.1 Å². The molecule has 0 fully saturated rings. The van der Waals surface area contributed by atoms with Gasteiger partial charge in [0.1, 0.15) is 12.4 Å². The molecule has 2 aromatic rings. The van der Waals surface area contributed by atoms with Crippen molar-refractivity contribution < 1.29 is 9.47 Å². The molecule has 0 aromatic heterocycles. The first kappa shape index (κ1) is 29.0. The second-order valence-corrected chi connectivity index (χ2v) is 9.96. The van der Waals surface area contributed by atoms with Gasteiger partial charge in [-0.25, -0.2) is 0 Å². The fraction of sp³-hybridized carbons (Fsp3) is 0.444. The summed E-state index contributed by atoms with van der Waals surface area (Å²) in [7, 11) is 3.79.